The Balaban J connectivity index is 2.62. The molecular weight excluding hydrogens is 264 g/mol. The molecule has 1 rings (SSSR count). The summed E-state index contributed by atoms with van der Waals surface area (Å²) in [6, 6.07) is 0.116. The molecule has 0 spiro atoms. The van der Waals surface area contributed by atoms with Crippen LogP contribution in [0.3, 0.4) is 0 Å². The number of carbonyl (C=O) groups is 1. The monoisotopic (exact) mass is 290 g/mol. The van der Waals surface area contributed by atoms with Gasteiger partial charge in [0.05, 0.1) is 11.7 Å². The van der Waals surface area contributed by atoms with Gasteiger partial charge >= 0.3 is 0 Å². The lowest BCUT2D eigenvalue weighted by molar-refractivity contribution is -0.127. The van der Waals surface area contributed by atoms with Crippen LogP contribution < -0.4 is 5.32 Å². The van der Waals surface area contributed by atoms with Gasteiger partial charge in [-0.2, -0.15) is 0 Å². The van der Waals surface area contributed by atoms with Gasteiger partial charge in [0, 0.05) is 19.1 Å². The first-order valence-electron chi connectivity index (χ1n) is 7.06. The zero-order valence-corrected chi connectivity index (χ0v) is 13.2. The number of hydrogen-bond donors (Lipinski definition) is 1. The van der Waals surface area contributed by atoms with Crippen LogP contribution in [0.2, 0.25) is 0 Å². The predicted molar refractivity (Wildman–Crippen MR) is 76.2 cm³/mol. The first-order valence-corrected chi connectivity index (χ1v) is 8.67. The van der Waals surface area contributed by atoms with Crippen LogP contribution in [0.4, 0.5) is 0 Å². The maximum absolute atomic E-state index is 12.1. The summed E-state index contributed by atoms with van der Waals surface area (Å²) < 4.78 is 25.2. The van der Waals surface area contributed by atoms with Crippen LogP contribution in [0.5, 0.6) is 0 Å². The summed E-state index contributed by atoms with van der Waals surface area (Å²) in [5.74, 6) is 0.250. The summed E-state index contributed by atoms with van der Waals surface area (Å²) in [4.78, 5) is 12.1. The summed E-state index contributed by atoms with van der Waals surface area (Å²) in [7, 11) is -3.18. The van der Waals surface area contributed by atoms with E-state index in [0.717, 1.165) is 12.8 Å². The summed E-state index contributed by atoms with van der Waals surface area (Å²) >= 11 is 0. The maximum Gasteiger partial charge on any atom is 0.224 e. The normalized spacial score (nSPS) is 23.3. The van der Waals surface area contributed by atoms with Gasteiger partial charge in [-0.25, -0.2) is 12.7 Å². The van der Waals surface area contributed by atoms with Crippen LogP contribution in [0.25, 0.3) is 0 Å². The number of hydrogen-bond acceptors (Lipinski definition) is 3. The van der Waals surface area contributed by atoms with Crippen LogP contribution in [-0.2, 0) is 14.8 Å². The van der Waals surface area contributed by atoms with Gasteiger partial charge in [-0.3, -0.25) is 4.79 Å². The van der Waals surface area contributed by atoms with Gasteiger partial charge in [-0.1, -0.05) is 13.8 Å². The second-order valence-corrected chi connectivity index (χ2v) is 7.90. The topological polar surface area (TPSA) is 66.5 Å². The molecule has 0 aromatic carbocycles. The van der Waals surface area contributed by atoms with E-state index in [1.807, 2.05) is 6.92 Å². The summed E-state index contributed by atoms with van der Waals surface area (Å²) in [6.45, 7) is 8.59. The van der Waals surface area contributed by atoms with Crippen molar-refractivity contribution in [1.82, 2.24) is 9.62 Å². The van der Waals surface area contributed by atoms with Gasteiger partial charge in [-0.15, -0.1) is 0 Å². The van der Waals surface area contributed by atoms with Crippen molar-refractivity contribution < 1.29 is 13.2 Å². The van der Waals surface area contributed by atoms with E-state index in [-0.39, 0.29) is 23.6 Å². The fourth-order valence-corrected chi connectivity index (χ4v) is 3.28. The Hall–Kier alpha value is -0.620. The van der Waals surface area contributed by atoms with Crippen LogP contribution >= 0.6 is 0 Å². The van der Waals surface area contributed by atoms with Crippen molar-refractivity contribution in [3.63, 3.8) is 0 Å². The van der Waals surface area contributed by atoms with Crippen molar-refractivity contribution in [3.8, 4) is 0 Å². The van der Waals surface area contributed by atoms with Crippen molar-refractivity contribution in [3.05, 3.63) is 0 Å². The molecule has 0 saturated carbocycles. The molecule has 6 heteroatoms. The third kappa shape index (κ3) is 4.45. The smallest absolute Gasteiger partial charge is 0.224 e. The lowest BCUT2D eigenvalue weighted by Gasteiger charge is -2.32. The molecule has 1 aliphatic heterocycles. The molecule has 0 aromatic heterocycles. The summed E-state index contributed by atoms with van der Waals surface area (Å²) in [6.07, 6.45) is 1.53. The van der Waals surface area contributed by atoms with Gasteiger partial charge in [0.2, 0.25) is 15.9 Å². The summed E-state index contributed by atoms with van der Waals surface area (Å²) in [5, 5.41) is 2.98. The molecule has 0 aromatic rings. The Labute approximate surface area is 116 Å². The number of carbonyl (C=O) groups excluding carboxylic acids is 1. The lowest BCUT2D eigenvalue weighted by atomic mass is 9.97. The number of amides is 1. The van der Waals surface area contributed by atoms with Gasteiger partial charge in [0.25, 0.3) is 0 Å². The van der Waals surface area contributed by atoms with Crippen LogP contribution in [0, 0.1) is 11.8 Å². The van der Waals surface area contributed by atoms with E-state index in [2.05, 4.69) is 19.2 Å². The minimum Gasteiger partial charge on any atom is -0.353 e. The average molecular weight is 290 g/mol. The van der Waals surface area contributed by atoms with E-state index < -0.39 is 10.0 Å². The molecule has 2 unspecified atom stereocenters. The quantitative estimate of drug-likeness (QED) is 0.827. The van der Waals surface area contributed by atoms with E-state index >= 15 is 0 Å². The Bertz CT molecular complexity index is 406. The van der Waals surface area contributed by atoms with Gasteiger partial charge < -0.3 is 5.32 Å². The largest absolute Gasteiger partial charge is 0.353 e. The lowest BCUT2D eigenvalue weighted by Crippen LogP contribution is -2.48. The number of nitrogens with zero attached hydrogens (tertiary/aromatic N) is 1. The van der Waals surface area contributed by atoms with Crippen molar-refractivity contribution >= 4 is 15.9 Å². The van der Waals surface area contributed by atoms with Crippen LogP contribution in [0.15, 0.2) is 0 Å². The average Bonchev–Trinajstić information content (AvgIpc) is 2.38. The molecule has 19 heavy (non-hydrogen) atoms. The van der Waals surface area contributed by atoms with E-state index in [4.69, 9.17) is 0 Å². The molecule has 1 heterocycles. The van der Waals surface area contributed by atoms with Gasteiger partial charge in [0.1, 0.15) is 0 Å². The van der Waals surface area contributed by atoms with Crippen molar-refractivity contribution in [2.75, 3.05) is 18.8 Å². The molecule has 0 aliphatic carbocycles. The van der Waals surface area contributed by atoms with E-state index in [1.54, 1.807) is 6.92 Å². The molecule has 1 amide bonds. The SMILES string of the molecule is CCS(=O)(=O)N1CCCC(C(=O)NC(C)C(C)C)C1. The molecule has 1 saturated heterocycles. The van der Waals surface area contributed by atoms with Crippen molar-refractivity contribution in [2.45, 2.75) is 46.6 Å². The number of nitrogens with one attached hydrogen (secondary N) is 1. The minimum absolute atomic E-state index is 0.0165. The Morgan fingerprint density at radius 1 is 1.37 bits per heavy atom. The molecule has 0 bridgehead atoms. The molecule has 2 atom stereocenters. The Morgan fingerprint density at radius 2 is 2.00 bits per heavy atom. The fraction of sp³-hybridized carbons (Fsp3) is 0.923. The Kier molecular flexibility index (Phi) is 5.80. The number of piperidine rings is 1. The highest BCUT2D eigenvalue weighted by Gasteiger charge is 2.31. The van der Waals surface area contributed by atoms with Crippen LogP contribution in [-0.4, -0.2) is 43.5 Å². The second-order valence-electron chi connectivity index (χ2n) is 5.64. The first kappa shape index (κ1) is 16.4. The number of sulfonamides is 1. The van der Waals surface area contributed by atoms with Crippen molar-refractivity contribution in [2.24, 2.45) is 11.8 Å². The highest BCUT2D eigenvalue weighted by atomic mass is 32.2. The Morgan fingerprint density at radius 3 is 2.53 bits per heavy atom. The number of rotatable bonds is 5. The van der Waals surface area contributed by atoms with Gasteiger partial charge in [0.15, 0.2) is 0 Å². The highest BCUT2D eigenvalue weighted by Crippen LogP contribution is 2.20. The molecule has 5 nitrogen and oxygen atoms in total. The molecule has 1 N–H and O–H groups in total. The standard InChI is InChI=1S/C13H26N2O3S/c1-5-19(17,18)15-8-6-7-12(9-15)13(16)14-11(4)10(2)3/h10-12H,5-9H2,1-4H3,(H,14,16). The van der Waals surface area contributed by atoms with E-state index in [0.29, 0.717) is 19.0 Å². The molecular formula is C13H26N2O3S. The molecule has 0 radical (unpaired) electrons. The third-order valence-corrected chi connectivity index (χ3v) is 5.73. The minimum atomic E-state index is -3.18. The van der Waals surface area contributed by atoms with Crippen LogP contribution in [0.1, 0.15) is 40.5 Å². The highest BCUT2D eigenvalue weighted by molar-refractivity contribution is 7.89. The second kappa shape index (κ2) is 6.70. The molecule has 112 valence electrons. The third-order valence-electron chi connectivity index (χ3n) is 3.88. The summed E-state index contributed by atoms with van der Waals surface area (Å²) in [5.41, 5.74) is 0. The molecule has 1 aliphatic rings. The first-order chi connectivity index (χ1) is 8.77. The van der Waals surface area contributed by atoms with Gasteiger partial charge in [-0.05, 0) is 32.6 Å². The maximum atomic E-state index is 12.1. The van der Waals surface area contributed by atoms with E-state index in [1.165, 1.54) is 4.31 Å². The van der Waals surface area contributed by atoms with Crippen molar-refractivity contribution in [1.29, 1.82) is 0 Å². The fourth-order valence-electron chi connectivity index (χ4n) is 2.10. The molecule has 1 fully saturated rings. The van der Waals surface area contributed by atoms with E-state index in [9.17, 15) is 13.2 Å². The predicted octanol–water partition coefficient (Wildman–Crippen LogP) is 1.21. The zero-order chi connectivity index (χ0) is 14.6. The zero-order valence-electron chi connectivity index (χ0n) is 12.3.